The number of primary sulfonamides is 1. The van der Waals surface area contributed by atoms with Gasteiger partial charge in [-0.1, -0.05) is 0 Å². The third kappa shape index (κ3) is 6.31. The van der Waals surface area contributed by atoms with E-state index in [1.165, 1.54) is 6.07 Å². The van der Waals surface area contributed by atoms with Gasteiger partial charge in [0.2, 0.25) is 10.0 Å². The van der Waals surface area contributed by atoms with Crippen molar-refractivity contribution in [3.05, 3.63) is 29.6 Å². The van der Waals surface area contributed by atoms with Crippen LogP contribution in [-0.2, 0) is 19.5 Å². The molecule has 0 radical (unpaired) electrons. The minimum atomic E-state index is -4.13. The molecule has 2 aliphatic heterocycles. The smallest absolute Gasteiger partial charge is 0.410 e. The Morgan fingerprint density at radius 1 is 1.29 bits per heavy atom. The van der Waals surface area contributed by atoms with Gasteiger partial charge in [0, 0.05) is 18.7 Å². The fourth-order valence-electron chi connectivity index (χ4n) is 3.24. The summed E-state index contributed by atoms with van der Waals surface area (Å²) in [6.45, 7) is 7.23. The number of ether oxygens (including phenoxy) is 2. The Kier molecular flexibility index (Phi) is 6.77. The van der Waals surface area contributed by atoms with E-state index in [0.29, 0.717) is 49.6 Å². The van der Waals surface area contributed by atoms with E-state index in [-0.39, 0.29) is 18.8 Å². The lowest BCUT2D eigenvalue weighted by atomic mass is 10.1. The van der Waals surface area contributed by atoms with Crippen LogP contribution in [-0.4, -0.2) is 68.9 Å². The Morgan fingerprint density at radius 2 is 1.97 bits per heavy atom. The van der Waals surface area contributed by atoms with Gasteiger partial charge in [-0.15, -0.1) is 0 Å². The summed E-state index contributed by atoms with van der Waals surface area (Å²) in [5, 5.41) is 4.97. The molecule has 11 heteroatoms. The minimum Gasteiger partial charge on any atom is -0.444 e. The van der Waals surface area contributed by atoms with Gasteiger partial charge >= 0.3 is 6.09 Å². The van der Waals surface area contributed by atoms with Crippen molar-refractivity contribution in [2.45, 2.75) is 50.2 Å². The molecule has 0 bridgehead atoms. The molecule has 1 fully saturated rings. The zero-order valence-electron chi connectivity index (χ0n) is 17.8. The molecule has 2 heterocycles. The van der Waals surface area contributed by atoms with Crippen molar-refractivity contribution in [1.29, 1.82) is 0 Å². The normalized spacial score (nSPS) is 18.0. The number of halogens is 1. The molecule has 2 N–H and O–H groups in total. The van der Waals surface area contributed by atoms with Crippen LogP contribution in [0.2, 0.25) is 0 Å². The highest BCUT2D eigenvalue weighted by molar-refractivity contribution is 7.89. The first-order valence-corrected chi connectivity index (χ1v) is 11.5. The molecule has 1 aromatic rings. The van der Waals surface area contributed by atoms with Crippen LogP contribution in [0.5, 0.6) is 0 Å². The van der Waals surface area contributed by atoms with Crippen molar-refractivity contribution in [2.24, 2.45) is 15.1 Å². The van der Waals surface area contributed by atoms with E-state index in [2.05, 4.69) is 9.98 Å². The highest BCUT2D eigenvalue weighted by Gasteiger charge is 2.27. The Labute approximate surface area is 181 Å². The molecule has 0 saturated carbocycles. The molecule has 1 saturated heterocycles. The first-order chi connectivity index (χ1) is 14.4. The number of piperidine rings is 1. The maximum atomic E-state index is 14.0. The lowest BCUT2D eigenvalue weighted by Crippen LogP contribution is -2.43. The van der Waals surface area contributed by atoms with E-state index >= 15 is 0 Å². The Morgan fingerprint density at radius 3 is 2.55 bits per heavy atom. The Balaban J connectivity index is 1.50. The molecular weight excluding hydrogens is 427 g/mol. The number of nitrogens with zero attached hydrogens (tertiary/aromatic N) is 3. The van der Waals surface area contributed by atoms with Gasteiger partial charge in [-0.2, -0.15) is 0 Å². The molecule has 0 atom stereocenters. The molecule has 0 spiro atoms. The van der Waals surface area contributed by atoms with Crippen molar-refractivity contribution in [2.75, 3.05) is 26.2 Å². The van der Waals surface area contributed by atoms with E-state index in [4.69, 9.17) is 14.6 Å². The monoisotopic (exact) mass is 454 g/mol. The number of sulfonamides is 1. The predicted molar refractivity (Wildman–Crippen MR) is 113 cm³/mol. The number of hydrogen-bond donors (Lipinski definition) is 1. The van der Waals surface area contributed by atoms with Gasteiger partial charge in [-0.3, -0.25) is 4.99 Å². The van der Waals surface area contributed by atoms with Gasteiger partial charge in [-0.25, -0.2) is 27.7 Å². The molecule has 0 unspecified atom stereocenters. The molecule has 1 aromatic carbocycles. The fraction of sp³-hybridized carbons (Fsp3) is 0.550. The maximum Gasteiger partial charge on any atom is 0.410 e. The lowest BCUT2D eigenvalue weighted by Gasteiger charge is -2.33. The van der Waals surface area contributed by atoms with Crippen LogP contribution < -0.4 is 5.14 Å². The van der Waals surface area contributed by atoms with Crippen molar-refractivity contribution in [1.82, 2.24) is 4.90 Å². The SMILES string of the molecule is CC(C)(C)OC(=O)N1CCC(OCC2=NC(c3ccc(S(N)(=O)=O)c(F)c3)=NC2)CC1. The third-order valence-electron chi connectivity index (χ3n) is 4.75. The number of amides is 1. The molecule has 1 amide bonds. The number of benzene rings is 1. The number of likely N-dealkylation sites (tertiary alicyclic amines) is 1. The topological polar surface area (TPSA) is 124 Å². The molecule has 170 valence electrons. The van der Waals surface area contributed by atoms with E-state index in [9.17, 15) is 17.6 Å². The standard InChI is InChI=1S/C20H27FN4O5S/c1-20(2,3)30-19(26)25-8-6-15(7-9-25)29-12-14-11-23-18(24-14)13-4-5-17(16(21)10-13)31(22,27)28/h4-5,10,15H,6-9,11-12H2,1-3H3,(H2,22,27,28). The quantitative estimate of drug-likeness (QED) is 0.730. The average Bonchev–Trinajstić information content (AvgIpc) is 3.13. The van der Waals surface area contributed by atoms with E-state index in [1.54, 1.807) is 4.90 Å². The zero-order chi connectivity index (χ0) is 22.8. The van der Waals surface area contributed by atoms with Gasteiger partial charge in [0.15, 0.2) is 5.84 Å². The zero-order valence-corrected chi connectivity index (χ0v) is 18.6. The van der Waals surface area contributed by atoms with Crippen LogP contribution >= 0.6 is 0 Å². The van der Waals surface area contributed by atoms with E-state index in [0.717, 1.165) is 12.1 Å². The van der Waals surface area contributed by atoms with E-state index in [1.807, 2.05) is 20.8 Å². The number of carbonyl (C=O) groups excluding carboxylic acids is 1. The van der Waals surface area contributed by atoms with Crippen LogP contribution in [0.1, 0.15) is 39.2 Å². The second-order valence-corrected chi connectivity index (χ2v) is 10.0. The lowest BCUT2D eigenvalue weighted by molar-refractivity contribution is -0.00287. The second kappa shape index (κ2) is 9.01. The van der Waals surface area contributed by atoms with Gasteiger partial charge < -0.3 is 14.4 Å². The Bertz CT molecular complexity index is 1010. The average molecular weight is 455 g/mol. The van der Waals surface area contributed by atoms with Gasteiger partial charge in [-0.05, 0) is 51.8 Å². The second-order valence-electron chi connectivity index (χ2n) is 8.49. The first-order valence-electron chi connectivity index (χ1n) is 9.95. The van der Waals surface area contributed by atoms with Gasteiger partial charge in [0.25, 0.3) is 0 Å². The number of hydrogen-bond acceptors (Lipinski definition) is 7. The number of carbonyl (C=O) groups is 1. The van der Waals surface area contributed by atoms with Crippen LogP contribution in [0.25, 0.3) is 0 Å². The summed E-state index contributed by atoms with van der Waals surface area (Å²) in [6, 6.07) is 3.57. The molecule has 2 aliphatic rings. The van der Waals surface area contributed by atoms with Crippen molar-refractivity contribution in [3.63, 3.8) is 0 Å². The summed E-state index contributed by atoms with van der Waals surface area (Å²) < 4.78 is 48.0. The largest absolute Gasteiger partial charge is 0.444 e. The fourth-order valence-corrected chi connectivity index (χ4v) is 3.83. The van der Waals surface area contributed by atoms with Crippen LogP contribution in [0.3, 0.4) is 0 Å². The number of nitrogens with two attached hydrogens (primary N) is 1. The third-order valence-corrected chi connectivity index (χ3v) is 5.70. The minimum absolute atomic E-state index is 0.00285. The van der Waals surface area contributed by atoms with Gasteiger partial charge in [0.1, 0.15) is 16.3 Å². The predicted octanol–water partition coefficient (Wildman–Crippen LogP) is 2.09. The van der Waals surface area contributed by atoms with E-state index < -0.39 is 26.3 Å². The molecule has 0 aliphatic carbocycles. The molecule has 9 nitrogen and oxygen atoms in total. The molecule has 3 rings (SSSR count). The van der Waals surface area contributed by atoms with Crippen LogP contribution in [0.15, 0.2) is 33.1 Å². The molecule has 0 aromatic heterocycles. The number of rotatable bonds is 5. The summed E-state index contributed by atoms with van der Waals surface area (Å²) in [4.78, 5) is 21.9. The number of aliphatic imine (C=N–C) groups is 2. The van der Waals surface area contributed by atoms with Gasteiger partial charge in [0.05, 0.1) is 25.0 Å². The number of amidine groups is 1. The summed E-state index contributed by atoms with van der Waals surface area (Å²) >= 11 is 0. The van der Waals surface area contributed by atoms with Crippen LogP contribution in [0.4, 0.5) is 9.18 Å². The van der Waals surface area contributed by atoms with Crippen molar-refractivity contribution in [3.8, 4) is 0 Å². The highest BCUT2D eigenvalue weighted by atomic mass is 32.2. The highest BCUT2D eigenvalue weighted by Crippen LogP contribution is 2.19. The van der Waals surface area contributed by atoms with Crippen LogP contribution in [0, 0.1) is 5.82 Å². The maximum absolute atomic E-state index is 14.0. The summed E-state index contributed by atoms with van der Waals surface area (Å²) in [7, 11) is -4.13. The molecule has 31 heavy (non-hydrogen) atoms. The van der Waals surface area contributed by atoms with Crippen molar-refractivity contribution < 1.29 is 27.1 Å². The van der Waals surface area contributed by atoms with Crippen molar-refractivity contribution >= 4 is 27.7 Å². The first kappa shape index (κ1) is 23.3. The summed E-state index contributed by atoms with van der Waals surface area (Å²) in [5.74, 6) is -0.627. The molecular formula is C20H27FN4O5S. The Hall–Kier alpha value is -2.37. The summed E-state index contributed by atoms with van der Waals surface area (Å²) in [6.07, 6.45) is 1.07. The summed E-state index contributed by atoms with van der Waals surface area (Å²) in [5.41, 5.74) is 0.538.